The van der Waals surface area contributed by atoms with Gasteiger partial charge < -0.3 is 4.90 Å². The molecule has 2 aliphatic heterocycles. The van der Waals surface area contributed by atoms with E-state index in [-0.39, 0.29) is 17.8 Å². The van der Waals surface area contributed by atoms with Crippen LogP contribution in [0.15, 0.2) is 36.5 Å². The fraction of sp³-hybridized carbons (Fsp3) is 0.350. The number of hydrogen-bond acceptors (Lipinski definition) is 7. The molecular formula is C20H18F3N5O4. The first-order valence-electron chi connectivity index (χ1n) is 9.81. The lowest BCUT2D eigenvalue weighted by atomic mass is 10.1. The van der Waals surface area contributed by atoms with E-state index in [4.69, 9.17) is 0 Å². The van der Waals surface area contributed by atoms with E-state index in [1.54, 1.807) is 0 Å². The number of pyridine rings is 1. The Kier molecular flexibility index (Phi) is 5.55. The molecule has 0 N–H and O–H groups in total. The molecule has 0 aliphatic carbocycles. The topological polar surface area (TPSA) is 99.9 Å². The van der Waals surface area contributed by atoms with Gasteiger partial charge >= 0.3 is 6.18 Å². The minimum atomic E-state index is -4.46. The third-order valence-electron chi connectivity index (χ3n) is 5.50. The standard InChI is InChI=1S/C20H18F3N5O4/c21-20(22,23)13-5-6-16(24-11-13)26-8-2-7-25(9-10-26)12-27-18(29)14-3-1-4-15(28(31)32)17(14)19(27)30/h1,3-6,11H,2,7-10,12H2. The molecule has 2 amide bonds. The maximum absolute atomic E-state index is 12.8. The van der Waals surface area contributed by atoms with Crippen molar-refractivity contribution < 1.29 is 27.7 Å². The number of fused-ring (bicyclic) bond motifs is 1. The molecule has 0 radical (unpaired) electrons. The molecule has 0 atom stereocenters. The van der Waals surface area contributed by atoms with Crippen molar-refractivity contribution in [2.45, 2.75) is 12.6 Å². The molecule has 1 aromatic carbocycles. The average Bonchev–Trinajstić information content (AvgIpc) is 2.91. The van der Waals surface area contributed by atoms with E-state index in [1.807, 2.05) is 9.80 Å². The zero-order valence-corrected chi connectivity index (χ0v) is 16.7. The maximum atomic E-state index is 12.8. The number of hydrogen-bond donors (Lipinski definition) is 0. The Bertz CT molecular complexity index is 1070. The molecule has 2 aromatic rings. The van der Waals surface area contributed by atoms with Gasteiger partial charge in [-0.1, -0.05) is 6.07 Å². The van der Waals surface area contributed by atoms with Crippen molar-refractivity contribution in [3.05, 3.63) is 63.3 Å². The number of imide groups is 1. The molecular weight excluding hydrogens is 431 g/mol. The van der Waals surface area contributed by atoms with Crippen LogP contribution in [0.1, 0.15) is 32.7 Å². The van der Waals surface area contributed by atoms with Gasteiger partial charge in [0.15, 0.2) is 0 Å². The zero-order valence-electron chi connectivity index (χ0n) is 16.7. The quantitative estimate of drug-likeness (QED) is 0.402. The minimum absolute atomic E-state index is 0.00889. The van der Waals surface area contributed by atoms with E-state index in [9.17, 15) is 32.9 Å². The number of benzene rings is 1. The van der Waals surface area contributed by atoms with Crippen LogP contribution < -0.4 is 4.90 Å². The summed E-state index contributed by atoms with van der Waals surface area (Å²) in [6.07, 6.45) is -3.03. The SMILES string of the molecule is O=C1c2cccc([N+](=O)[O-])c2C(=O)N1CN1CCCN(c2ccc(C(F)(F)F)cn2)CC1. The zero-order chi connectivity index (χ0) is 23.0. The largest absolute Gasteiger partial charge is 0.417 e. The van der Waals surface area contributed by atoms with E-state index >= 15 is 0 Å². The number of anilines is 1. The second-order valence-corrected chi connectivity index (χ2v) is 7.50. The van der Waals surface area contributed by atoms with Crippen molar-refractivity contribution >= 4 is 23.3 Å². The van der Waals surface area contributed by atoms with Gasteiger partial charge in [-0.25, -0.2) is 4.98 Å². The van der Waals surface area contributed by atoms with E-state index in [1.165, 1.54) is 24.3 Å². The molecule has 32 heavy (non-hydrogen) atoms. The summed E-state index contributed by atoms with van der Waals surface area (Å²) >= 11 is 0. The van der Waals surface area contributed by atoms with Crippen LogP contribution in [0.4, 0.5) is 24.7 Å². The van der Waals surface area contributed by atoms with Crippen LogP contribution in [0.2, 0.25) is 0 Å². The highest BCUT2D eigenvalue weighted by atomic mass is 19.4. The highest BCUT2D eigenvalue weighted by molar-refractivity contribution is 6.23. The first kappa shape index (κ1) is 21.7. The molecule has 0 bridgehead atoms. The smallest absolute Gasteiger partial charge is 0.355 e. The van der Waals surface area contributed by atoms with Gasteiger partial charge in [-0.05, 0) is 24.6 Å². The Labute approximate surface area is 180 Å². The van der Waals surface area contributed by atoms with Crippen LogP contribution in [-0.2, 0) is 6.18 Å². The molecule has 12 heteroatoms. The lowest BCUT2D eigenvalue weighted by molar-refractivity contribution is -0.385. The Hall–Kier alpha value is -3.54. The van der Waals surface area contributed by atoms with E-state index < -0.39 is 34.2 Å². The van der Waals surface area contributed by atoms with Crippen molar-refractivity contribution in [1.29, 1.82) is 0 Å². The first-order valence-corrected chi connectivity index (χ1v) is 9.81. The van der Waals surface area contributed by atoms with Gasteiger partial charge in [-0.2, -0.15) is 13.2 Å². The normalized spacial score (nSPS) is 17.5. The molecule has 0 saturated carbocycles. The van der Waals surface area contributed by atoms with Crippen LogP contribution in [0.25, 0.3) is 0 Å². The number of amides is 2. The Morgan fingerprint density at radius 2 is 1.81 bits per heavy atom. The van der Waals surface area contributed by atoms with Gasteiger partial charge in [-0.15, -0.1) is 0 Å². The van der Waals surface area contributed by atoms with Crippen molar-refractivity contribution in [3.8, 4) is 0 Å². The van der Waals surface area contributed by atoms with Gasteiger partial charge in [0.05, 0.1) is 22.7 Å². The van der Waals surface area contributed by atoms with Crippen molar-refractivity contribution in [2.24, 2.45) is 0 Å². The highest BCUT2D eigenvalue weighted by Gasteiger charge is 2.41. The fourth-order valence-corrected chi connectivity index (χ4v) is 3.88. The summed E-state index contributed by atoms with van der Waals surface area (Å²) in [5.41, 5.74) is -1.42. The molecule has 1 fully saturated rings. The number of rotatable bonds is 4. The highest BCUT2D eigenvalue weighted by Crippen LogP contribution is 2.31. The third-order valence-corrected chi connectivity index (χ3v) is 5.50. The van der Waals surface area contributed by atoms with Crippen LogP contribution in [0.5, 0.6) is 0 Å². The second kappa shape index (κ2) is 8.19. The summed E-state index contributed by atoms with van der Waals surface area (Å²) in [6.45, 7) is 1.91. The van der Waals surface area contributed by atoms with Gasteiger partial charge in [0.1, 0.15) is 11.4 Å². The summed E-state index contributed by atoms with van der Waals surface area (Å²) in [5.74, 6) is -0.877. The number of carbonyl (C=O) groups is 2. The predicted octanol–water partition coefficient (Wildman–Crippen LogP) is 2.77. The number of nitrogens with zero attached hydrogens (tertiary/aromatic N) is 5. The first-order chi connectivity index (χ1) is 15.2. The lowest BCUT2D eigenvalue weighted by Crippen LogP contribution is -2.42. The van der Waals surface area contributed by atoms with Crippen LogP contribution in [0, 0.1) is 10.1 Å². The summed E-state index contributed by atoms with van der Waals surface area (Å²) in [5, 5.41) is 11.2. The number of nitro benzene ring substituents is 1. The van der Waals surface area contributed by atoms with E-state index in [2.05, 4.69) is 4.98 Å². The summed E-state index contributed by atoms with van der Waals surface area (Å²) < 4.78 is 38.2. The molecule has 168 valence electrons. The summed E-state index contributed by atoms with van der Waals surface area (Å²) in [7, 11) is 0. The molecule has 1 saturated heterocycles. The van der Waals surface area contributed by atoms with E-state index in [0.29, 0.717) is 38.4 Å². The molecule has 9 nitrogen and oxygen atoms in total. The second-order valence-electron chi connectivity index (χ2n) is 7.50. The molecule has 0 spiro atoms. The van der Waals surface area contributed by atoms with Crippen molar-refractivity contribution in [1.82, 2.24) is 14.8 Å². The summed E-state index contributed by atoms with van der Waals surface area (Å²) in [6, 6.07) is 6.25. The lowest BCUT2D eigenvalue weighted by Gasteiger charge is -2.26. The van der Waals surface area contributed by atoms with Crippen LogP contribution in [-0.4, -0.2) is 64.4 Å². The average molecular weight is 449 g/mol. The van der Waals surface area contributed by atoms with Gasteiger partial charge in [0.25, 0.3) is 17.5 Å². The Morgan fingerprint density at radius 1 is 1.03 bits per heavy atom. The minimum Gasteiger partial charge on any atom is -0.355 e. The van der Waals surface area contributed by atoms with Gasteiger partial charge in [0, 0.05) is 38.4 Å². The fourth-order valence-electron chi connectivity index (χ4n) is 3.88. The Morgan fingerprint density at radius 3 is 2.47 bits per heavy atom. The number of aromatic nitrogens is 1. The molecule has 4 rings (SSSR count). The number of nitro groups is 1. The van der Waals surface area contributed by atoms with Crippen LogP contribution in [0.3, 0.4) is 0 Å². The van der Waals surface area contributed by atoms with Gasteiger partial charge in [-0.3, -0.25) is 29.5 Å². The number of alkyl halides is 3. The third kappa shape index (κ3) is 4.00. The number of halogens is 3. The monoisotopic (exact) mass is 449 g/mol. The van der Waals surface area contributed by atoms with Gasteiger partial charge in [0.2, 0.25) is 0 Å². The van der Waals surface area contributed by atoms with Crippen molar-refractivity contribution in [2.75, 3.05) is 37.7 Å². The van der Waals surface area contributed by atoms with E-state index in [0.717, 1.165) is 17.2 Å². The predicted molar refractivity (Wildman–Crippen MR) is 106 cm³/mol. The molecule has 1 aromatic heterocycles. The Balaban J connectivity index is 1.44. The number of carbonyl (C=O) groups excluding carboxylic acids is 2. The van der Waals surface area contributed by atoms with Crippen LogP contribution >= 0.6 is 0 Å². The molecule has 2 aliphatic rings. The molecule has 3 heterocycles. The maximum Gasteiger partial charge on any atom is 0.417 e. The van der Waals surface area contributed by atoms with Crippen molar-refractivity contribution in [3.63, 3.8) is 0 Å². The summed E-state index contributed by atoms with van der Waals surface area (Å²) in [4.78, 5) is 44.6. The molecule has 0 unspecified atom stereocenters.